The van der Waals surface area contributed by atoms with Crippen LogP contribution in [-0.4, -0.2) is 28.6 Å². The highest BCUT2D eigenvalue weighted by atomic mass is 15.2. The van der Waals surface area contributed by atoms with Crippen molar-refractivity contribution in [2.45, 2.75) is 53.1 Å². The Morgan fingerprint density at radius 3 is 2.55 bits per heavy atom. The molecule has 20 heavy (non-hydrogen) atoms. The van der Waals surface area contributed by atoms with Crippen LogP contribution in [-0.2, 0) is 6.54 Å². The van der Waals surface area contributed by atoms with Gasteiger partial charge in [-0.15, -0.1) is 0 Å². The molecule has 1 saturated heterocycles. The Kier molecular flexibility index (Phi) is 4.63. The van der Waals surface area contributed by atoms with Gasteiger partial charge in [0.15, 0.2) is 0 Å². The van der Waals surface area contributed by atoms with Crippen LogP contribution in [0.1, 0.15) is 46.7 Å². The third-order valence-electron chi connectivity index (χ3n) is 3.98. The van der Waals surface area contributed by atoms with E-state index in [2.05, 4.69) is 54.8 Å². The minimum atomic E-state index is 0.111. The maximum Gasteiger partial charge on any atom is 0.147 e. The predicted octanol–water partition coefficient (Wildman–Crippen LogP) is 2.85. The van der Waals surface area contributed by atoms with E-state index in [1.165, 1.54) is 6.42 Å². The Labute approximate surface area is 123 Å². The monoisotopic (exact) mass is 276 g/mol. The summed E-state index contributed by atoms with van der Waals surface area (Å²) >= 11 is 0. The zero-order valence-electron chi connectivity index (χ0n) is 13.5. The molecule has 1 aromatic heterocycles. The molecule has 0 saturated carbocycles. The van der Waals surface area contributed by atoms with Gasteiger partial charge in [0.05, 0.1) is 18.1 Å². The van der Waals surface area contributed by atoms with Gasteiger partial charge < -0.3 is 10.2 Å². The van der Waals surface area contributed by atoms with Gasteiger partial charge in [-0.05, 0) is 39.0 Å². The minimum absolute atomic E-state index is 0.111. The van der Waals surface area contributed by atoms with Gasteiger partial charge in [-0.25, -0.2) is 4.98 Å². The topological polar surface area (TPSA) is 41.1 Å². The summed E-state index contributed by atoms with van der Waals surface area (Å²) in [4.78, 5) is 11.5. The molecule has 4 heteroatoms. The summed E-state index contributed by atoms with van der Waals surface area (Å²) in [6.07, 6.45) is 5.09. The second-order valence-electron chi connectivity index (χ2n) is 7.21. The molecule has 4 nitrogen and oxygen atoms in total. The molecule has 0 bridgehead atoms. The Bertz CT molecular complexity index is 419. The van der Waals surface area contributed by atoms with E-state index in [4.69, 9.17) is 0 Å². The minimum Gasteiger partial charge on any atom is -0.355 e. The van der Waals surface area contributed by atoms with Gasteiger partial charge in [0.1, 0.15) is 5.82 Å². The average molecular weight is 276 g/mol. The molecule has 2 heterocycles. The van der Waals surface area contributed by atoms with Gasteiger partial charge >= 0.3 is 0 Å². The van der Waals surface area contributed by atoms with Crippen LogP contribution in [0.25, 0.3) is 0 Å². The van der Waals surface area contributed by atoms with E-state index in [0.29, 0.717) is 0 Å². The molecule has 0 amide bonds. The molecule has 1 atom stereocenters. The van der Waals surface area contributed by atoms with Crippen LogP contribution >= 0.6 is 0 Å². The van der Waals surface area contributed by atoms with Crippen LogP contribution in [0.4, 0.5) is 5.82 Å². The highest BCUT2D eigenvalue weighted by molar-refractivity contribution is 5.37. The highest BCUT2D eigenvalue weighted by Gasteiger charge is 2.25. The summed E-state index contributed by atoms with van der Waals surface area (Å²) in [6, 6.07) is 0. The molecule has 2 rings (SSSR count). The van der Waals surface area contributed by atoms with Gasteiger partial charge in [0.2, 0.25) is 0 Å². The van der Waals surface area contributed by atoms with E-state index in [-0.39, 0.29) is 5.54 Å². The lowest BCUT2D eigenvalue weighted by Gasteiger charge is -2.21. The van der Waals surface area contributed by atoms with Crippen molar-refractivity contribution in [1.29, 1.82) is 0 Å². The second kappa shape index (κ2) is 6.08. The van der Waals surface area contributed by atoms with Crippen LogP contribution in [0.3, 0.4) is 0 Å². The van der Waals surface area contributed by atoms with E-state index < -0.39 is 0 Å². The molecular formula is C16H28N4. The molecule has 1 unspecified atom stereocenters. The van der Waals surface area contributed by atoms with Crippen molar-refractivity contribution in [3.05, 3.63) is 18.1 Å². The molecule has 0 aliphatic carbocycles. The Balaban J connectivity index is 1.92. The fourth-order valence-corrected chi connectivity index (χ4v) is 2.50. The number of anilines is 1. The average Bonchev–Trinajstić information content (AvgIpc) is 2.86. The number of hydrogen-bond donors (Lipinski definition) is 1. The number of nitrogens with one attached hydrogen (secondary N) is 1. The zero-order valence-corrected chi connectivity index (χ0v) is 13.5. The third kappa shape index (κ3) is 4.17. The van der Waals surface area contributed by atoms with Crippen LogP contribution in [0.5, 0.6) is 0 Å². The molecule has 1 aliphatic heterocycles. The molecule has 1 aliphatic rings. The first kappa shape index (κ1) is 15.2. The fourth-order valence-electron chi connectivity index (χ4n) is 2.50. The standard InChI is InChI=1S/C16H28N4/c1-12(2)13-6-7-20(11-13)15-10-17-14(8-18-15)9-19-16(3,4)5/h8,10,12-13,19H,6-7,9,11H2,1-5H3. The first-order valence-corrected chi connectivity index (χ1v) is 7.66. The first-order valence-electron chi connectivity index (χ1n) is 7.66. The molecule has 1 aromatic rings. The summed E-state index contributed by atoms with van der Waals surface area (Å²) < 4.78 is 0. The van der Waals surface area contributed by atoms with Crippen LogP contribution in [0, 0.1) is 11.8 Å². The number of aromatic nitrogens is 2. The van der Waals surface area contributed by atoms with E-state index in [9.17, 15) is 0 Å². The van der Waals surface area contributed by atoms with E-state index in [1.807, 2.05) is 12.4 Å². The molecular weight excluding hydrogens is 248 g/mol. The van der Waals surface area contributed by atoms with Crippen molar-refractivity contribution in [2.24, 2.45) is 11.8 Å². The molecule has 0 radical (unpaired) electrons. The lowest BCUT2D eigenvalue weighted by molar-refractivity contribution is 0.420. The Hall–Kier alpha value is -1.16. The van der Waals surface area contributed by atoms with Crippen LogP contribution in [0.15, 0.2) is 12.4 Å². The van der Waals surface area contributed by atoms with Crippen molar-refractivity contribution >= 4 is 5.82 Å². The Morgan fingerprint density at radius 1 is 1.30 bits per heavy atom. The summed E-state index contributed by atoms with van der Waals surface area (Å²) in [6.45, 7) is 14.1. The number of nitrogens with zero attached hydrogens (tertiary/aromatic N) is 3. The van der Waals surface area contributed by atoms with Gasteiger partial charge in [-0.2, -0.15) is 0 Å². The third-order valence-corrected chi connectivity index (χ3v) is 3.98. The summed E-state index contributed by atoms with van der Waals surface area (Å²) in [5.41, 5.74) is 1.11. The van der Waals surface area contributed by atoms with Gasteiger partial charge in [-0.1, -0.05) is 13.8 Å². The molecule has 1 N–H and O–H groups in total. The number of rotatable bonds is 4. The van der Waals surface area contributed by atoms with E-state index in [1.54, 1.807) is 0 Å². The first-order chi connectivity index (χ1) is 9.35. The zero-order chi connectivity index (χ0) is 14.8. The molecule has 112 valence electrons. The molecule has 0 aromatic carbocycles. The molecule has 1 fully saturated rings. The smallest absolute Gasteiger partial charge is 0.147 e. The summed E-state index contributed by atoms with van der Waals surface area (Å²) in [7, 11) is 0. The van der Waals surface area contributed by atoms with Crippen molar-refractivity contribution in [3.8, 4) is 0 Å². The van der Waals surface area contributed by atoms with Gasteiger partial charge in [0, 0.05) is 25.2 Å². The quantitative estimate of drug-likeness (QED) is 0.918. The van der Waals surface area contributed by atoms with Crippen molar-refractivity contribution in [2.75, 3.05) is 18.0 Å². The van der Waals surface area contributed by atoms with Crippen molar-refractivity contribution < 1.29 is 0 Å². The summed E-state index contributed by atoms with van der Waals surface area (Å²) in [5, 5.41) is 3.43. The van der Waals surface area contributed by atoms with E-state index in [0.717, 1.165) is 43.0 Å². The largest absolute Gasteiger partial charge is 0.355 e. The van der Waals surface area contributed by atoms with Crippen LogP contribution < -0.4 is 10.2 Å². The van der Waals surface area contributed by atoms with E-state index >= 15 is 0 Å². The summed E-state index contributed by atoms with van der Waals surface area (Å²) in [5.74, 6) is 2.56. The van der Waals surface area contributed by atoms with Crippen LogP contribution in [0.2, 0.25) is 0 Å². The fraction of sp³-hybridized carbons (Fsp3) is 0.750. The highest BCUT2D eigenvalue weighted by Crippen LogP contribution is 2.26. The van der Waals surface area contributed by atoms with Crippen molar-refractivity contribution in [3.63, 3.8) is 0 Å². The maximum absolute atomic E-state index is 4.58. The lowest BCUT2D eigenvalue weighted by atomic mass is 9.95. The van der Waals surface area contributed by atoms with Gasteiger partial charge in [0.25, 0.3) is 0 Å². The normalized spacial score (nSPS) is 19.9. The van der Waals surface area contributed by atoms with Crippen molar-refractivity contribution in [1.82, 2.24) is 15.3 Å². The second-order valence-corrected chi connectivity index (χ2v) is 7.21. The SMILES string of the molecule is CC(C)C1CCN(c2cnc(CNC(C)(C)C)cn2)C1. The predicted molar refractivity (Wildman–Crippen MR) is 83.8 cm³/mol. The lowest BCUT2D eigenvalue weighted by Crippen LogP contribution is -2.35. The van der Waals surface area contributed by atoms with Gasteiger partial charge in [-0.3, -0.25) is 4.98 Å². The molecule has 0 spiro atoms. The number of hydrogen-bond acceptors (Lipinski definition) is 4. The maximum atomic E-state index is 4.58. The Morgan fingerprint density at radius 2 is 2.05 bits per heavy atom.